The lowest BCUT2D eigenvalue weighted by molar-refractivity contribution is -0.234. The van der Waals surface area contributed by atoms with Crippen molar-refractivity contribution in [2.24, 2.45) is 0 Å². The Kier molecular flexibility index (Phi) is 18.0. The Bertz CT molecular complexity index is 229. The predicted octanol–water partition coefficient (Wildman–Crippen LogP) is 6.65. The van der Waals surface area contributed by atoms with Crippen LogP contribution in [0, 0.1) is 0 Å². The van der Waals surface area contributed by atoms with Gasteiger partial charge >= 0.3 is 5.97 Å². The Morgan fingerprint density at radius 1 is 0.636 bits per heavy atom. The summed E-state index contributed by atoms with van der Waals surface area (Å²) in [5.74, 6) is -0.509. The zero-order valence-electron chi connectivity index (χ0n) is 14.8. The lowest BCUT2D eigenvalue weighted by Gasteiger charge is -2.03. The van der Waals surface area contributed by atoms with Gasteiger partial charge in [-0.25, -0.2) is 4.79 Å². The monoisotopic (exact) mass is 314 g/mol. The van der Waals surface area contributed by atoms with Crippen LogP contribution in [0.5, 0.6) is 0 Å². The average Bonchev–Trinajstić information content (AvgIpc) is 2.54. The highest BCUT2D eigenvalue weighted by Gasteiger charge is 2.00. The van der Waals surface area contributed by atoms with Crippen molar-refractivity contribution in [3.05, 3.63) is 0 Å². The second-order valence-electron chi connectivity index (χ2n) is 6.52. The van der Waals surface area contributed by atoms with Gasteiger partial charge in [-0.2, -0.15) is 5.26 Å². The Balaban J connectivity index is 2.98. The molecule has 0 unspecified atom stereocenters. The fraction of sp³-hybridized carbons (Fsp3) is 0.947. The molecular formula is C19H38O3. The van der Waals surface area contributed by atoms with Crippen LogP contribution in [-0.2, 0) is 9.68 Å². The minimum absolute atomic E-state index is 0.342. The van der Waals surface area contributed by atoms with Crippen LogP contribution in [0.2, 0.25) is 0 Å². The van der Waals surface area contributed by atoms with Gasteiger partial charge in [0.25, 0.3) is 0 Å². The molecule has 132 valence electrons. The van der Waals surface area contributed by atoms with Crippen LogP contribution in [0.3, 0.4) is 0 Å². The van der Waals surface area contributed by atoms with E-state index in [1.807, 2.05) is 0 Å². The van der Waals surface area contributed by atoms with E-state index in [1.54, 1.807) is 0 Å². The second kappa shape index (κ2) is 18.5. The smallest absolute Gasteiger partial charge is 0.301 e. The van der Waals surface area contributed by atoms with Crippen molar-refractivity contribution in [2.75, 3.05) is 0 Å². The van der Waals surface area contributed by atoms with Gasteiger partial charge in [0.05, 0.1) is 0 Å². The summed E-state index contributed by atoms with van der Waals surface area (Å²) in [6.45, 7) is 2.27. The van der Waals surface area contributed by atoms with Crippen molar-refractivity contribution in [1.82, 2.24) is 0 Å². The molecule has 3 nitrogen and oxygen atoms in total. The first-order valence-corrected chi connectivity index (χ1v) is 9.65. The first-order chi connectivity index (χ1) is 10.8. The molecule has 0 atom stereocenters. The summed E-state index contributed by atoms with van der Waals surface area (Å²) in [6, 6.07) is 0. The molecule has 0 aromatic heterocycles. The summed E-state index contributed by atoms with van der Waals surface area (Å²) >= 11 is 0. The topological polar surface area (TPSA) is 46.5 Å². The van der Waals surface area contributed by atoms with Gasteiger partial charge in [-0.3, -0.25) is 0 Å². The van der Waals surface area contributed by atoms with E-state index in [0.29, 0.717) is 6.42 Å². The van der Waals surface area contributed by atoms with Crippen LogP contribution < -0.4 is 0 Å². The number of carbonyl (C=O) groups is 1. The minimum atomic E-state index is -0.509. The molecule has 0 radical (unpaired) electrons. The van der Waals surface area contributed by atoms with E-state index in [-0.39, 0.29) is 0 Å². The summed E-state index contributed by atoms with van der Waals surface area (Å²) < 4.78 is 0. The molecule has 0 aliphatic carbocycles. The normalized spacial score (nSPS) is 10.8. The van der Waals surface area contributed by atoms with Gasteiger partial charge in [0.2, 0.25) is 0 Å². The molecule has 0 amide bonds. The maximum Gasteiger partial charge on any atom is 0.342 e. The van der Waals surface area contributed by atoms with Crippen molar-refractivity contribution in [3.8, 4) is 0 Å². The summed E-state index contributed by atoms with van der Waals surface area (Å²) in [7, 11) is 0. The van der Waals surface area contributed by atoms with Gasteiger partial charge < -0.3 is 4.89 Å². The van der Waals surface area contributed by atoms with Gasteiger partial charge in [0.1, 0.15) is 0 Å². The van der Waals surface area contributed by atoms with Crippen LogP contribution in [0.1, 0.15) is 116 Å². The van der Waals surface area contributed by atoms with Gasteiger partial charge in [0.15, 0.2) is 0 Å². The molecule has 0 aliphatic rings. The zero-order chi connectivity index (χ0) is 16.3. The molecule has 0 saturated carbocycles. The maximum absolute atomic E-state index is 10.7. The predicted molar refractivity (Wildman–Crippen MR) is 92.9 cm³/mol. The summed E-state index contributed by atoms with van der Waals surface area (Å²) in [5, 5.41) is 8.11. The zero-order valence-corrected chi connectivity index (χ0v) is 14.8. The largest absolute Gasteiger partial charge is 0.342 e. The van der Waals surface area contributed by atoms with Crippen LogP contribution in [0.4, 0.5) is 0 Å². The van der Waals surface area contributed by atoms with E-state index in [1.165, 1.54) is 89.9 Å². The Morgan fingerprint density at radius 3 is 1.27 bits per heavy atom. The van der Waals surface area contributed by atoms with Crippen molar-refractivity contribution in [1.29, 1.82) is 0 Å². The molecule has 0 aliphatic heterocycles. The lowest BCUT2D eigenvalue weighted by atomic mass is 10.0. The van der Waals surface area contributed by atoms with E-state index < -0.39 is 5.97 Å². The number of carbonyl (C=O) groups excluding carboxylic acids is 1. The minimum Gasteiger partial charge on any atom is -0.301 e. The van der Waals surface area contributed by atoms with E-state index in [0.717, 1.165) is 12.8 Å². The molecule has 0 aromatic rings. The number of hydrogen-bond donors (Lipinski definition) is 1. The maximum atomic E-state index is 10.7. The number of unbranched alkanes of at least 4 members (excludes halogenated alkanes) is 15. The molecule has 0 spiro atoms. The van der Waals surface area contributed by atoms with E-state index >= 15 is 0 Å². The standard InChI is InChI=1S/C19H38O3/c1-2-3-4-5-6-7-8-9-10-11-12-13-14-15-16-17-18-19(20)22-21/h21H,2-18H2,1H3. The molecule has 3 heteroatoms. The molecule has 22 heavy (non-hydrogen) atoms. The first kappa shape index (κ1) is 21.4. The molecule has 0 rings (SSSR count). The third-order valence-electron chi connectivity index (χ3n) is 4.34. The molecule has 0 bridgehead atoms. The van der Waals surface area contributed by atoms with Crippen LogP contribution >= 0.6 is 0 Å². The Morgan fingerprint density at radius 2 is 0.955 bits per heavy atom. The molecule has 0 fully saturated rings. The van der Waals surface area contributed by atoms with E-state index in [2.05, 4.69) is 11.8 Å². The molecule has 0 aromatic carbocycles. The van der Waals surface area contributed by atoms with Crippen molar-refractivity contribution in [3.63, 3.8) is 0 Å². The van der Waals surface area contributed by atoms with Gasteiger partial charge in [0, 0.05) is 6.42 Å². The van der Waals surface area contributed by atoms with E-state index in [9.17, 15) is 4.79 Å². The first-order valence-electron chi connectivity index (χ1n) is 9.65. The Hall–Kier alpha value is -0.570. The SMILES string of the molecule is CCCCCCCCCCCCCCCCCCC(=O)OO. The highest BCUT2D eigenvalue weighted by atomic mass is 17.1. The molecular weight excluding hydrogens is 276 g/mol. The third kappa shape index (κ3) is 17.5. The lowest BCUT2D eigenvalue weighted by Crippen LogP contribution is -1.99. The summed E-state index contributed by atoms with van der Waals surface area (Å²) in [5.41, 5.74) is 0. The van der Waals surface area contributed by atoms with Crippen molar-refractivity contribution >= 4 is 5.97 Å². The quantitative estimate of drug-likeness (QED) is 0.186. The molecule has 0 heterocycles. The highest BCUT2D eigenvalue weighted by Crippen LogP contribution is 2.14. The van der Waals surface area contributed by atoms with Gasteiger partial charge in [-0.15, -0.1) is 0 Å². The number of hydrogen-bond acceptors (Lipinski definition) is 3. The third-order valence-corrected chi connectivity index (χ3v) is 4.34. The highest BCUT2D eigenvalue weighted by molar-refractivity contribution is 5.68. The van der Waals surface area contributed by atoms with Crippen LogP contribution in [0.15, 0.2) is 0 Å². The fourth-order valence-corrected chi connectivity index (χ4v) is 2.86. The van der Waals surface area contributed by atoms with Gasteiger partial charge in [-0.05, 0) is 6.42 Å². The summed E-state index contributed by atoms with van der Waals surface area (Å²) in [4.78, 5) is 14.3. The van der Waals surface area contributed by atoms with Crippen molar-refractivity contribution in [2.45, 2.75) is 116 Å². The van der Waals surface area contributed by atoms with E-state index in [4.69, 9.17) is 5.26 Å². The molecule has 1 N–H and O–H groups in total. The molecule has 0 saturated heterocycles. The summed E-state index contributed by atoms with van der Waals surface area (Å²) in [6.07, 6.45) is 21.5. The fourth-order valence-electron chi connectivity index (χ4n) is 2.86. The number of rotatable bonds is 17. The Labute approximate surface area is 137 Å². The van der Waals surface area contributed by atoms with Crippen LogP contribution in [0.25, 0.3) is 0 Å². The average molecular weight is 315 g/mol. The second-order valence-corrected chi connectivity index (χ2v) is 6.52. The van der Waals surface area contributed by atoms with Crippen molar-refractivity contribution < 1.29 is 14.9 Å². The van der Waals surface area contributed by atoms with Crippen LogP contribution in [-0.4, -0.2) is 11.2 Å². The van der Waals surface area contributed by atoms with Gasteiger partial charge in [-0.1, -0.05) is 103 Å².